The van der Waals surface area contributed by atoms with E-state index < -0.39 is 12.7 Å². The third-order valence-electron chi connectivity index (χ3n) is 3.14. The van der Waals surface area contributed by atoms with Crippen molar-refractivity contribution in [2.75, 3.05) is 13.7 Å². The molecule has 0 saturated carbocycles. The van der Waals surface area contributed by atoms with Crippen LogP contribution in [0.2, 0.25) is 0 Å². The van der Waals surface area contributed by atoms with Crippen molar-refractivity contribution in [2.45, 2.75) is 40.0 Å². The van der Waals surface area contributed by atoms with Crippen LogP contribution in [-0.2, 0) is 6.54 Å². The molecule has 21 heavy (non-hydrogen) atoms. The molecule has 0 aliphatic carbocycles. The molecule has 1 atom stereocenters. The summed E-state index contributed by atoms with van der Waals surface area (Å²) in [6.45, 7) is 3.58. The third-order valence-corrected chi connectivity index (χ3v) is 3.14. The van der Waals surface area contributed by atoms with E-state index in [1.165, 1.54) is 13.2 Å². The van der Waals surface area contributed by atoms with Crippen molar-refractivity contribution in [3.05, 3.63) is 23.8 Å². The quantitative estimate of drug-likeness (QED) is 0.813. The highest BCUT2D eigenvalue weighted by atomic mass is 19.3. The van der Waals surface area contributed by atoms with Crippen LogP contribution in [0.3, 0.4) is 0 Å². The minimum atomic E-state index is -2.89. The minimum Gasteiger partial charge on any atom is -0.497 e. The first kappa shape index (κ1) is 17.7. The van der Waals surface area contributed by atoms with E-state index in [0.29, 0.717) is 24.4 Å². The maximum atomic E-state index is 12.4. The maximum Gasteiger partial charge on any atom is 0.387 e. The highest BCUT2D eigenvalue weighted by Crippen LogP contribution is 2.26. The molecule has 0 heterocycles. The monoisotopic (exact) mass is 303 g/mol. The van der Waals surface area contributed by atoms with E-state index in [0.717, 1.165) is 0 Å². The van der Waals surface area contributed by atoms with E-state index in [9.17, 15) is 13.9 Å². The number of hydrogen-bond acceptors (Lipinski definition) is 4. The summed E-state index contributed by atoms with van der Waals surface area (Å²) >= 11 is 0. The number of aliphatic hydroxyl groups is 1. The van der Waals surface area contributed by atoms with Crippen LogP contribution in [0.15, 0.2) is 18.2 Å². The molecule has 6 heteroatoms. The van der Waals surface area contributed by atoms with Crippen molar-refractivity contribution >= 4 is 0 Å². The fourth-order valence-corrected chi connectivity index (χ4v) is 1.66. The first-order chi connectivity index (χ1) is 9.74. The van der Waals surface area contributed by atoms with Gasteiger partial charge in [0.2, 0.25) is 0 Å². The number of rotatable bonds is 7. The van der Waals surface area contributed by atoms with Crippen LogP contribution >= 0.6 is 0 Å². The van der Waals surface area contributed by atoms with E-state index >= 15 is 0 Å². The number of halogens is 2. The van der Waals surface area contributed by atoms with E-state index in [1.54, 1.807) is 12.1 Å². The molecule has 2 N–H and O–H groups in total. The highest BCUT2D eigenvalue weighted by molar-refractivity contribution is 5.40. The van der Waals surface area contributed by atoms with Crippen LogP contribution in [0.4, 0.5) is 8.78 Å². The van der Waals surface area contributed by atoms with Crippen molar-refractivity contribution in [3.63, 3.8) is 0 Å². The van der Waals surface area contributed by atoms with E-state index in [2.05, 4.69) is 10.1 Å². The smallest absolute Gasteiger partial charge is 0.387 e. The fraction of sp³-hybridized carbons (Fsp3) is 0.600. The summed E-state index contributed by atoms with van der Waals surface area (Å²) in [5.74, 6) is 0.520. The van der Waals surface area contributed by atoms with Gasteiger partial charge in [-0.3, -0.25) is 0 Å². The SMILES string of the molecule is COc1ccc(CNCC(O)C(C)(C)C)c(OC(F)F)c1. The second kappa shape index (κ2) is 7.56. The van der Waals surface area contributed by atoms with Gasteiger partial charge in [0.05, 0.1) is 13.2 Å². The average molecular weight is 303 g/mol. The number of alkyl halides is 2. The first-order valence-electron chi connectivity index (χ1n) is 6.74. The van der Waals surface area contributed by atoms with Crippen LogP contribution < -0.4 is 14.8 Å². The van der Waals surface area contributed by atoms with Gasteiger partial charge < -0.3 is 19.9 Å². The average Bonchev–Trinajstić information content (AvgIpc) is 2.38. The summed E-state index contributed by atoms with van der Waals surface area (Å²) in [6, 6.07) is 4.76. The van der Waals surface area contributed by atoms with Crippen LogP contribution in [0.5, 0.6) is 11.5 Å². The number of nitrogens with one attached hydrogen (secondary N) is 1. The van der Waals surface area contributed by atoms with Gasteiger partial charge in [-0.25, -0.2) is 0 Å². The molecule has 0 aliphatic rings. The number of benzene rings is 1. The van der Waals surface area contributed by atoms with Gasteiger partial charge in [-0.2, -0.15) is 8.78 Å². The van der Waals surface area contributed by atoms with Crippen LogP contribution in [0.1, 0.15) is 26.3 Å². The maximum absolute atomic E-state index is 12.4. The lowest BCUT2D eigenvalue weighted by atomic mass is 9.89. The van der Waals surface area contributed by atoms with E-state index in [-0.39, 0.29) is 11.2 Å². The molecule has 0 radical (unpaired) electrons. The Hall–Kier alpha value is -1.40. The lowest BCUT2D eigenvalue weighted by molar-refractivity contribution is -0.0506. The largest absolute Gasteiger partial charge is 0.497 e. The Bertz CT molecular complexity index is 447. The molecular weight excluding hydrogens is 280 g/mol. The molecule has 1 aromatic carbocycles. The standard InChI is InChI=1S/C15H23F2NO3/c1-15(2,3)13(19)9-18-8-10-5-6-11(20-4)7-12(10)21-14(16)17/h5-7,13-14,18-19H,8-9H2,1-4H3. The molecule has 1 aromatic rings. The van der Waals surface area contributed by atoms with Crippen molar-refractivity contribution in [3.8, 4) is 11.5 Å². The Kier molecular flexibility index (Phi) is 6.36. The Morgan fingerprint density at radius 1 is 1.29 bits per heavy atom. The second-order valence-electron chi connectivity index (χ2n) is 5.86. The normalized spacial score (nSPS) is 13.3. The summed E-state index contributed by atoms with van der Waals surface area (Å²) in [5.41, 5.74) is 0.340. The number of hydrogen-bond donors (Lipinski definition) is 2. The zero-order chi connectivity index (χ0) is 16.0. The molecule has 0 aromatic heterocycles. The number of ether oxygens (including phenoxy) is 2. The molecule has 120 valence electrons. The van der Waals surface area contributed by atoms with Gasteiger partial charge in [-0.15, -0.1) is 0 Å². The molecule has 1 unspecified atom stereocenters. The van der Waals surface area contributed by atoms with Crippen LogP contribution in [0.25, 0.3) is 0 Å². The van der Waals surface area contributed by atoms with Gasteiger partial charge in [0.1, 0.15) is 11.5 Å². The molecule has 0 saturated heterocycles. The molecule has 0 spiro atoms. The predicted molar refractivity (Wildman–Crippen MR) is 76.8 cm³/mol. The van der Waals surface area contributed by atoms with Crippen LogP contribution in [-0.4, -0.2) is 31.5 Å². The topological polar surface area (TPSA) is 50.7 Å². The van der Waals surface area contributed by atoms with Crippen LogP contribution in [0, 0.1) is 5.41 Å². The van der Waals surface area contributed by atoms with Gasteiger partial charge in [-0.1, -0.05) is 26.8 Å². The molecule has 0 fully saturated rings. The van der Waals surface area contributed by atoms with E-state index in [4.69, 9.17) is 4.74 Å². The van der Waals surface area contributed by atoms with Gasteiger partial charge in [0.25, 0.3) is 0 Å². The lowest BCUT2D eigenvalue weighted by Crippen LogP contribution is -2.36. The van der Waals surface area contributed by atoms with Gasteiger partial charge in [-0.05, 0) is 11.5 Å². The molecule has 0 amide bonds. The minimum absolute atomic E-state index is 0.0714. The molecule has 0 aliphatic heterocycles. The molecule has 1 rings (SSSR count). The molecule has 4 nitrogen and oxygen atoms in total. The number of methoxy groups -OCH3 is 1. The Morgan fingerprint density at radius 2 is 1.95 bits per heavy atom. The predicted octanol–water partition coefficient (Wildman–Crippen LogP) is 2.79. The Balaban J connectivity index is 2.69. The Morgan fingerprint density at radius 3 is 2.48 bits per heavy atom. The van der Waals surface area contributed by atoms with Crippen molar-refractivity contribution < 1.29 is 23.4 Å². The summed E-state index contributed by atoms with van der Waals surface area (Å²) in [5, 5.41) is 13.0. The highest BCUT2D eigenvalue weighted by Gasteiger charge is 2.21. The molecule has 0 bridgehead atoms. The van der Waals surface area contributed by atoms with Gasteiger partial charge in [0.15, 0.2) is 0 Å². The zero-order valence-corrected chi connectivity index (χ0v) is 12.8. The van der Waals surface area contributed by atoms with Crippen molar-refractivity contribution in [1.82, 2.24) is 5.32 Å². The summed E-state index contributed by atoms with van der Waals surface area (Å²) < 4.78 is 34.3. The first-order valence-corrected chi connectivity index (χ1v) is 6.74. The summed E-state index contributed by atoms with van der Waals surface area (Å²) in [7, 11) is 1.46. The van der Waals surface area contributed by atoms with E-state index in [1.807, 2.05) is 20.8 Å². The van der Waals surface area contributed by atoms with Crippen molar-refractivity contribution in [2.24, 2.45) is 5.41 Å². The fourth-order valence-electron chi connectivity index (χ4n) is 1.66. The number of aliphatic hydroxyl groups excluding tert-OH is 1. The van der Waals surface area contributed by atoms with Gasteiger partial charge in [0, 0.05) is 24.7 Å². The lowest BCUT2D eigenvalue weighted by Gasteiger charge is -2.26. The second-order valence-corrected chi connectivity index (χ2v) is 5.86. The Labute approximate surface area is 124 Å². The summed E-state index contributed by atoms with van der Waals surface area (Å²) in [4.78, 5) is 0. The zero-order valence-electron chi connectivity index (χ0n) is 12.8. The molecular formula is C15H23F2NO3. The van der Waals surface area contributed by atoms with Gasteiger partial charge >= 0.3 is 6.61 Å². The summed E-state index contributed by atoms with van der Waals surface area (Å²) in [6.07, 6.45) is -0.532. The van der Waals surface area contributed by atoms with Crippen molar-refractivity contribution in [1.29, 1.82) is 0 Å². The third kappa shape index (κ3) is 5.85.